The normalized spacial score (nSPS) is 20.1. The number of rotatable bonds is 4. The monoisotopic (exact) mass is 291 g/mol. The van der Waals surface area contributed by atoms with E-state index in [4.69, 9.17) is 9.47 Å². The average Bonchev–Trinajstić information content (AvgIpc) is 2.71. The van der Waals surface area contributed by atoms with Gasteiger partial charge in [0.25, 0.3) is 0 Å². The predicted octanol–water partition coefficient (Wildman–Crippen LogP) is 2.22. The van der Waals surface area contributed by atoms with E-state index in [0.717, 1.165) is 24.2 Å². The van der Waals surface area contributed by atoms with E-state index in [1.165, 1.54) is 0 Å². The van der Waals surface area contributed by atoms with E-state index >= 15 is 0 Å². The molecule has 1 amide bonds. The highest BCUT2D eigenvalue weighted by Crippen LogP contribution is 2.23. The van der Waals surface area contributed by atoms with Gasteiger partial charge in [-0.25, -0.2) is 0 Å². The second-order valence-corrected chi connectivity index (χ2v) is 5.19. The zero-order valence-corrected chi connectivity index (χ0v) is 12.4. The largest absolute Gasteiger partial charge is 0.497 e. The fraction of sp³-hybridized carbons (Fsp3) is 0.500. The lowest BCUT2D eigenvalue weighted by molar-refractivity contribution is -0.157. The Morgan fingerprint density at radius 3 is 2.67 bits per heavy atom. The SMILES string of the molecule is COc1ccc(C(C)OC(=O)C2CCCCNC2=O)cc1. The molecule has 5 nitrogen and oxygen atoms in total. The van der Waals surface area contributed by atoms with Crippen LogP contribution < -0.4 is 10.1 Å². The number of benzene rings is 1. The minimum Gasteiger partial charge on any atom is -0.497 e. The molecule has 5 heteroatoms. The number of esters is 1. The molecule has 0 aliphatic carbocycles. The first-order valence-electron chi connectivity index (χ1n) is 7.24. The first-order valence-corrected chi connectivity index (χ1v) is 7.24. The summed E-state index contributed by atoms with van der Waals surface area (Å²) in [6.45, 7) is 2.44. The van der Waals surface area contributed by atoms with Crippen LogP contribution in [-0.4, -0.2) is 25.5 Å². The van der Waals surface area contributed by atoms with E-state index in [1.54, 1.807) is 14.0 Å². The van der Waals surface area contributed by atoms with Crippen molar-refractivity contribution in [2.24, 2.45) is 5.92 Å². The number of ether oxygens (including phenoxy) is 2. The summed E-state index contributed by atoms with van der Waals surface area (Å²) in [5.74, 6) is -0.606. The van der Waals surface area contributed by atoms with Crippen LogP contribution in [0.15, 0.2) is 24.3 Å². The van der Waals surface area contributed by atoms with Crippen molar-refractivity contribution in [3.05, 3.63) is 29.8 Å². The maximum Gasteiger partial charge on any atom is 0.319 e. The third-order valence-electron chi connectivity index (χ3n) is 3.70. The van der Waals surface area contributed by atoms with Crippen molar-refractivity contribution in [2.75, 3.05) is 13.7 Å². The standard InChI is InChI=1S/C16H21NO4/c1-11(12-6-8-13(20-2)9-7-12)21-16(19)14-5-3-4-10-17-15(14)18/h6-9,11,14H,3-5,10H2,1-2H3,(H,17,18). The molecule has 1 N–H and O–H groups in total. The second kappa shape index (κ2) is 7.11. The highest BCUT2D eigenvalue weighted by molar-refractivity contribution is 5.97. The van der Waals surface area contributed by atoms with Crippen molar-refractivity contribution in [1.29, 1.82) is 0 Å². The van der Waals surface area contributed by atoms with Gasteiger partial charge < -0.3 is 14.8 Å². The van der Waals surface area contributed by atoms with Gasteiger partial charge in [-0.15, -0.1) is 0 Å². The van der Waals surface area contributed by atoms with Gasteiger partial charge in [-0.05, 0) is 37.5 Å². The quantitative estimate of drug-likeness (QED) is 0.682. The minimum absolute atomic E-state index is 0.223. The summed E-state index contributed by atoms with van der Waals surface area (Å²) >= 11 is 0. The molecule has 2 atom stereocenters. The summed E-state index contributed by atoms with van der Waals surface area (Å²) in [5.41, 5.74) is 0.873. The van der Waals surface area contributed by atoms with E-state index < -0.39 is 11.9 Å². The number of carbonyl (C=O) groups excluding carboxylic acids is 2. The molecule has 21 heavy (non-hydrogen) atoms. The van der Waals surface area contributed by atoms with Crippen LogP contribution in [0.25, 0.3) is 0 Å². The molecule has 114 valence electrons. The Balaban J connectivity index is 1.98. The lowest BCUT2D eigenvalue weighted by atomic mass is 10.0. The van der Waals surface area contributed by atoms with Gasteiger partial charge in [0.05, 0.1) is 7.11 Å². The first kappa shape index (κ1) is 15.4. The van der Waals surface area contributed by atoms with Gasteiger partial charge in [-0.3, -0.25) is 9.59 Å². The maximum atomic E-state index is 12.2. The predicted molar refractivity (Wildman–Crippen MR) is 77.9 cm³/mol. The Labute approximate surface area is 124 Å². The number of nitrogens with one attached hydrogen (secondary N) is 1. The third kappa shape index (κ3) is 3.97. The molecule has 2 rings (SSSR count). The summed E-state index contributed by atoms with van der Waals surface area (Å²) in [6, 6.07) is 7.34. The van der Waals surface area contributed by atoms with Gasteiger partial charge in [-0.1, -0.05) is 18.6 Å². The Morgan fingerprint density at radius 1 is 1.29 bits per heavy atom. The zero-order chi connectivity index (χ0) is 15.2. The van der Waals surface area contributed by atoms with Gasteiger partial charge in [0.15, 0.2) is 0 Å². The fourth-order valence-corrected chi connectivity index (χ4v) is 2.36. The van der Waals surface area contributed by atoms with Gasteiger partial charge in [0.2, 0.25) is 5.91 Å². The Hall–Kier alpha value is -2.04. The Morgan fingerprint density at radius 2 is 2.00 bits per heavy atom. The van der Waals surface area contributed by atoms with Gasteiger partial charge in [-0.2, -0.15) is 0 Å². The first-order chi connectivity index (χ1) is 10.1. The van der Waals surface area contributed by atoms with Crippen molar-refractivity contribution in [3.8, 4) is 5.75 Å². The van der Waals surface area contributed by atoms with Crippen LogP contribution in [0.1, 0.15) is 37.9 Å². The molecule has 0 bridgehead atoms. The third-order valence-corrected chi connectivity index (χ3v) is 3.70. The van der Waals surface area contributed by atoms with Crippen LogP contribution in [0, 0.1) is 5.92 Å². The van der Waals surface area contributed by atoms with E-state index in [2.05, 4.69) is 5.32 Å². The summed E-state index contributed by atoms with van der Waals surface area (Å²) in [5, 5.41) is 2.75. The van der Waals surface area contributed by atoms with Crippen molar-refractivity contribution in [1.82, 2.24) is 5.32 Å². The van der Waals surface area contributed by atoms with Crippen LogP contribution in [0.4, 0.5) is 0 Å². The Kier molecular flexibility index (Phi) is 5.20. The molecule has 0 saturated carbocycles. The second-order valence-electron chi connectivity index (χ2n) is 5.19. The molecule has 1 aliphatic rings. The molecule has 1 saturated heterocycles. The van der Waals surface area contributed by atoms with Crippen LogP contribution in [-0.2, 0) is 14.3 Å². The number of hydrogen-bond acceptors (Lipinski definition) is 4. The zero-order valence-electron chi connectivity index (χ0n) is 12.4. The van der Waals surface area contributed by atoms with Crippen LogP contribution in [0.5, 0.6) is 5.75 Å². The highest BCUT2D eigenvalue weighted by Gasteiger charge is 2.30. The molecule has 1 aromatic carbocycles. The molecule has 1 aromatic rings. The number of methoxy groups -OCH3 is 1. The van der Waals surface area contributed by atoms with E-state index in [0.29, 0.717) is 13.0 Å². The molecule has 0 spiro atoms. The molecule has 2 unspecified atom stereocenters. The number of carbonyl (C=O) groups is 2. The molecular weight excluding hydrogens is 270 g/mol. The maximum absolute atomic E-state index is 12.2. The summed E-state index contributed by atoms with van der Waals surface area (Å²) in [6.07, 6.45) is 1.93. The van der Waals surface area contributed by atoms with Gasteiger partial charge >= 0.3 is 5.97 Å². The summed E-state index contributed by atoms with van der Waals surface area (Å²) in [7, 11) is 1.60. The molecule has 1 aliphatic heterocycles. The molecule has 1 fully saturated rings. The van der Waals surface area contributed by atoms with E-state index in [-0.39, 0.29) is 12.0 Å². The lowest BCUT2D eigenvalue weighted by Crippen LogP contribution is -2.35. The van der Waals surface area contributed by atoms with Crippen LogP contribution >= 0.6 is 0 Å². The van der Waals surface area contributed by atoms with Crippen molar-refractivity contribution in [3.63, 3.8) is 0 Å². The van der Waals surface area contributed by atoms with E-state index in [1.807, 2.05) is 24.3 Å². The van der Waals surface area contributed by atoms with Gasteiger partial charge in [0, 0.05) is 6.54 Å². The lowest BCUT2D eigenvalue weighted by Gasteiger charge is -2.18. The van der Waals surface area contributed by atoms with Gasteiger partial charge in [0.1, 0.15) is 17.8 Å². The van der Waals surface area contributed by atoms with E-state index in [9.17, 15) is 9.59 Å². The molecule has 0 radical (unpaired) electrons. The minimum atomic E-state index is -0.687. The molecular formula is C16H21NO4. The van der Waals surface area contributed by atoms with Crippen LogP contribution in [0.2, 0.25) is 0 Å². The van der Waals surface area contributed by atoms with Crippen molar-refractivity contribution >= 4 is 11.9 Å². The average molecular weight is 291 g/mol. The van der Waals surface area contributed by atoms with Crippen molar-refractivity contribution in [2.45, 2.75) is 32.3 Å². The highest BCUT2D eigenvalue weighted by atomic mass is 16.5. The summed E-state index contributed by atoms with van der Waals surface area (Å²) in [4.78, 5) is 24.0. The fourth-order valence-electron chi connectivity index (χ4n) is 2.36. The molecule has 1 heterocycles. The van der Waals surface area contributed by atoms with Crippen LogP contribution in [0.3, 0.4) is 0 Å². The smallest absolute Gasteiger partial charge is 0.319 e. The Bertz CT molecular complexity index is 498. The number of amides is 1. The van der Waals surface area contributed by atoms with Crippen molar-refractivity contribution < 1.29 is 19.1 Å². The summed E-state index contributed by atoms with van der Waals surface area (Å²) < 4.78 is 10.5. The molecule has 0 aromatic heterocycles. The topological polar surface area (TPSA) is 64.6 Å². The number of hydrogen-bond donors (Lipinski definition) is 1.